The molecule has 1 aromatic carbocycles. The van der Waals surface area contributed by atoms with E-state index in [9.17, 15) is 18.0 Å². The topological polar surface area (TPSA) is 84.7 Å². The van der Waals surface area contributed by atoms with Crippen LogP contribution in [0.3, 0.4) is 0 Å². The van der Waals surface area contributed by atoms with Gasteiger partial charge in [0.05, 0.1) is 25.3 Å². The number of aromatic nitrogens is 3. The van der Waals surface area contributed by atoms with Crippen LogP contribution in [0, 0.1) is 5.92 Å². The van der Waals surface area contributed by atoms with Crippen LogP contribution >= 0.6 is 0 Å². The average Bonchev–Trinajstić information content (AvgIpc) is 3.35. The molecule has 4 rings (SSSR count). The average molecular weight is 716 g/mol. The van der Waals surface area contributed by atoms with Crippen LogP contribution in [0.5, 0.6) is 5.88 Å². The van der Waals surface area contributed by atoms with Gasteiger partial charge in [0.2, 0.25) is 5.88 Å². The van der Waals surface area contributed by atoms with E-state index in [-0.39, 0.29) is 37.1 Å². The molecule has 0 saturated heterocycles. The number of carbonyl (C=O) groups excluding carboxylic acids is 1. The molecule has 0 fully saturated rings. The van der Waals surface area contributed by atoms with Crippen LogP contribution in [-0.4, -0.2) is 64.8 Å². The zero-order valence-electron chi connectivity index (χ0n) is 31.4. The molecule has 11 heteroatoms. The van der Waals surface area contributed by atoms with Gasteiger partial charge >= 0.3 is 12.1 Å². The molecule has 0 saturated carbocycles. The van der Waals surface area contributed by atoms with E-state index in [2.05, 4.69) is 39.8 Å². The Morgan fingerprint density at radius 3 is 2.16 bits per heavy atom. The summed E-state index contributed by atoms with van der Waals surface area (Å²) in [6.07, 6.45) is 5.40. The van der Waals surface area contributed by atoms with E-state index in [1.807, 2.05) is 71.4 Å². The first-order valence-corrected chi connectivity index (χ1v) is 18.1. The molecule has 0 N–H and O–H groups in total. The van der Waals surface area contributed by atoms with Gasteiger partial charge in [-0.2, -0.15) is 13.2 Å². The van der Waals surface area contributed by atoms with E-state index >= 15 is 0 Å². The third-order valence-electron chi connectivity index (χ3n) is 8.36. The Kier molecular flexibility index (Phi) is 16.7. The van der Waals surface area contributed by atoms with Crippen LogP contribution in [0.2, 0.25) is 0 Å². The fraction of sp³-hybridized carbons (Fsp3) is 0.575. The molecule has 0 amide bonds. The number of hydrogen-bond donors (Lipinski definition) is 0. The molecule has 3 heterocycles. The molecule has 282 valence electrons. The molecule has 0 aliphatic carbocycles. The Hall–Kier alpha value is -3.70. The lowest BCUT2D eigenvalue weighted by Crippen LogP contribution is -2.34. The van der Waals surface area contributed by atoms with E-state index in [4.69, 9.17) is 18.9 Å². The smallest absolute Gasteiger partial charge is 0.414 e. The zero-order chi connectivity index (χ0) is 37.4. The summed E-state index contributed by atoms with van der Waals surface area (Å²) in [4.78, 5) is 19.0. The maximum atomic E-state index is 13.4. The van der Waals surface area contributed by atoms with E-state index in [1.165, 1.54) is 12.3 Å². The van der Waals surface area contributed by atoms with Crippen LogP contribution in [-0.2, 0) is 26.1 Å². The largest absolute Gasteiger partial charge is 0.478 e. The van der Waals surface area contributed by atoms with Crippen molar-refractivity contribution in [2.45, 2.75) is 111 Å². The van der Waals surface area contributed by atoms with Crippen molar-refractivity contribution in [2.75, 3.05) is 26.4 Å². The molecule has 8 nitrogen and oxygen atoms in total. The third kappa shape index (κ3) is 14.1. The van der Waals surface area contributed by atoms with Gasteiger partial charge in [0.15, 0.2) is 6.10 Å². The summed E-state index contributed by atoms with van der Waals surface area (Å²) in [7, 11) is 2.06. The minimum atomic E-state index is -4.35. The maximum absolute atomic E-state index is 13.4. The highest BCUT2D eigenvalue weighted by Crippen LogP contribution is 2.32. The van der Waals surface area contributed by atoms with Crippen molar-refractivity contribution >= 4 is 27.8 Å². The predicted molar refractivity (Wildman–Crippen MR) is 197 cm³/mol. The van der Waals surface area contributed by atoms with Gasteiger partial charge in [-0.15, -0.1) is 0 Å². The molecule has 0 radical (unpaired) electrons. The second-order valence-corrected chi connectivity index (χ2v) is 13.9. The number of alkyl halides is 3. The number of pyridine rings is 2. The normalized spacial score (nSPS) is 12.6. The van der Waals surface area contributed by atoms with Gasteiger partial charge in [-0.05, 0) is 76.1 Å². The second-order valence-electron chi connectivity index (χ2n) is 13.9. The zero-order valence-corrected chi connectivity index (χ0v) is 31.4. The highest BCUT2D eigenvalue weighted by atomic mass is 19.4. The number of fused-ring (bicyclic) bond motifs is 3. The predicted octanol–water partition coefficient (Wildman–Crippen LogP) is 10.3. The number of benzene rings is 1. The molecule has 0 spiro atoms. The van der Waals surface area contributed by atoms with Crippen LogP contribution < -0.4 is 4.74 Å². The van der Waals surface area contributed by atoms with Crippen molar-refractivity contribution in [2.24, 2.45) is 13.0 Å². The van der Waals surface area contributed by atoms with Crippen molar-refractivity contribution in [1.82, 2.24) is 14.5 Å². The van der Waals surface area contributed by atoms with E-state index < -0.39 is 12.3 Å². The van der Waals surface area contributed by atoms with Crippen molar-refractivity contribution in [1.29, 1.82) is 0 Å². The van der Waals surface area contributed by atoms with Crippen molar-refractivity contribution in [3.05, 3.63) is 55.0 Å². The SMILES string of the molecule is CC(=O)OC(C)(C)C.CCCC(CCC)CC(OCCOCCCCCOc1ccc(-c2ccc3c4cnccc4n(C)c3c2)cn1)C(F)(F)F. The Bertz CT molecular complexity index is 1610. The van der Waals surface area contributed by atoms with Gasteiger partial charge in [0.1, 0.15) is 5.60 Å². The molecule has 3 aromatic heterocycles. The minimum Gasteiger partial charge on any atom is -0.478 e. The van der Waals surface area contributed by atoms with Gasteiger partial charge in [-0.3, -0.25) is 9.78 Å². The van der Waals surface area contributed by atoms with E-state index in [1.54, 1.807) is 0 Å². The van der Waals surface area contributed by atoms with Gasteiger partial charge in [-0.1, -0.05) is 51.7 Å². The molecule has 51 heavy (non-hydrogen) atoms. The standard InChI is InChI=1S/C34H44F3N3O3.C6H12O2/c1-4-9-25(10-5-2)21-32(34(35,36)37)42-20-19-41-17-7-6-8-18-43-33-14-12-27(23-39-33)26-11-13-28-29-24-38-16-15-30(29)40(3)31(28)22-26;1-5(7)8-6(2,3)4/h11-16,22-25,32H,4-10,17-21H2,1-3H3;1-4H3. The lowest BCUT2D eigenvalue weighted by molar-refractivity contribution is -0.228. The summed E-state index contributed by atoms with van der Waals surface area (Å²) in [5.74, 6) is 0.396. The molecular formula is C40H56F3N3O5. The first-order chi connectivity index (χ1) is 24.2. The number of hydrogen-bond acceptors (Lipinski definition) is 7. The number of esters is 1. The van der Waals surface area contributed by atoms with Gasteiger partial charge in [0, 0.05) is 67.1 Å². The fourth-order valence-electron chi connectivity index (χ4n) is 6.11. The summed E-state index contributed by atoms with van der Waals surface area (Å²) in [6.45, 7) is 12.1. The van der Waals surface area contributed by atoms with Gasteiger partial charge in [0.25, 0.3) is 0 Å². The van der Waals surface area contributed by atoms with Crippen LogP contribution in [0.4, 0.5) is 13.2 Å². The number of rotatable bonds is 18. The Morgan fingerprint density at radius 1 is 0.843 bits per heavy atom. The summed E-state index contributed by atoms with van der Waals surface area (Å²) in [6, 6.07) is 12.3. The second kappa shape index (κ2) is 20.4. The number of carbonyl (C=O) groups is 1. The minimum absolute atomic E-state index is 0.0295. The summed E-state index contributed by atoms with van der Waals surface area (Å²) in [5, 5.41) is 2.32. The van der Waals surface area contributed by atoms with Crippen molar-refractivity contribution in [3.63, 3.8) is 0 Å². The van der Waals surface area contributed by atoms with Gasteiger partial charge in [-0.25, -0.2) is 4.98 Å². The third-order valence-corrected chi connectivity index (χ3v) is 8.36. The molecule has 1 atom stereocenters. The molecule has 1 unspecified atom stereocenters. The first kappa shape index (κ1) is 41.7. The van der Waals surface area contributed by atoms with E-state index in [0.29, 0.717) is 19.1 Å². The lowest BCUT2D eigenvalue weighted by atomic mass is 9.92. The molecular weight excluding hydrogens is 659 g/mol. The maximum Gasteiger partial charge on any atom is 0.414 e. The highest BCUT2D eigenvalue weighted by Gasteiger charge is 2.41. The summed E-state index contributed by atoms with van der Waals surface area (Å²) < 4.78 is 63.8. The number of unbranched alkanes of at least 4 members (excludes halogenated alkanes) is 2. The number of halogens is 3. The first-order valence-electron chi connectivity index (χ1n) is 18.1. The number of aryl methyl sites for hydroxylation is 1. The lowest BCUT2D eigenvalue weighted by Gasteiger charge is -2.25. The van der Waals surface area contributed by atoms with Crippen LogP contribution in [0.1, 0.15) is 92.9 Å². The molecule has 0 aliphatic rings. The Morgan fingerprint density at radius 2 is 1.55 bits per heavy atom. The van der Waals surface area contributed by atoms with Crippen molar-refractivity contribution < 1.29 is 36.9 Å². The Labute approximate surface area is 301 Å². The molecule has 0 aliphatic heterocycles. The van der Waals surface area contributed by atoms with Crippen LogP contribution in [0.15, 0.2) is 55.0 Å². The quantitative estimate of drug-likeness (QED) is 0.0749. The fourth-order valence-corrected chi connectivity index (χ4v) is 6.11. The van der Waals surface area contributed by atoms with Gasteiger partial charge < -0.3 is 23.5 Å². The summed E-state index contributed by atoms with van der Waals surface area (Å²) in [5.41, 5.74) is 4.07. The van der Waals surface area contributed by atoms with Crippen molar-refractivity contribution in [3.8, 4) is 17.0 Å². The summed E-state index contributed by atoms with van der Waals surface area (Å²) >= 11 is 0. The molecule has 0 bridgehead atoms. The molecule has 4 aromatic rings. The monoisotopic (exact) mass is 715 g/mol. The Balaban J connectivity index is 0.000000783. The number of ether oxygens (including phenoxy) is 4. The number of nitrogens with zero attached hydrogens (tertiary/aromatic N) is 3. The van der Waals surface area contributed by atoms with E-state index in [0.717, 1.165) is 72.5 Å². The highest BCUT2D eigenvalue weighted by molar-refractivity contribution is 6.08. The van der Waals surface area contributed by atoms with Crippen LogP contribution in [0.25, 0.3) is 32.9 Å².